The first-order chi connectivity index (χ1) is 8.49. The number of sulfone groups is 1. The molecule has 0 atom stereocenters. The zero-order chi connectivity index (χ0) is 13.2. The van der Waals surface area contributed by atoms with E-state index in [4.69, 9.17) is 21.1 Å². The molecule has 0 N–H and O–H groups in total. The molecule has 2 rings (SSSR count). The second kappa shape index (κ2) is 5.20. The van der Waals surface area contributed by atoms with Gasteiger partial charge >= 0.3 is 0 Å². The predicted octanol–water partition coefficient (Wildman–Crippen LogP) is 2.37. The second-order valence-corrected chi connectivity index (χ2v) is 6.51. The number of halogens is 1. The molecule has 0 amide bonds. The van der Waals surface area contributed by atoms with Crippen LogP contribution in [0.25, 0.3) is 0 Å². The topological polar surface area (TPSA) is 52.6 Å². The fraction of sp³-hybridized carbons (Fsp3) is 0.333. The summed E-state index contributed by atoms with van der Waals surface area (Å²) < 4.78 is 34.7. The van der Waals surface area contributed by atoms with E-state index in [-0.39, 0.29) is 10.6 Å². The van der Waals surface area contributed by atoms with E-state index < -0.39 is 9.84 Å². The molecule has 18 heavy (non-hydrogen) atoms. The molecule has 98 valence electrons. The average Bonchev–Trinajstić information content (AvgIpc) is 2.36. The molecule has 6 heteroatoms. The van der Waals surface area contributed by atoms with Crippen LogP contribution in [0.2, 0.25) is 0 Å². The molecule has 1 aliphatic rings. The smallest absolute Gasteiger partial charge is 0.182 e. The summed E-state index contributed by atoms with van der Waals surface area (Å²) in [6.45, 7) is 2.55. The fourth-order valence-corrected chi connectivity index (χ4v) is 2.93. The van der Waals surface area contributed by atoms with Crippen molar-refractivity contribution in [2.45, 2.75) is 11.8 Å². The van der Waals surface area contributed by atoms with E-state index in [1.165, 1.54) is 18.2 Å². The van der Waals surface area contributed by atoms with Crippen LogP contribution in [0.5, 0.6) is 11.5 Å². The van der Waals surface area contributed by atoms with E-state index in [2.05, 4.69) is 0 Å². The molecule has 0 saturated carbocycles. The van der Waals surface area contributed by atoms with Crippen LogP contribution in [0, 0.1) is 0 Å². The molecule has 0 radical (unpaired) electrons. The molecule has 0 aromatic heterocycles. The third-order valence-electron chi connectivity index (χ3n) is 2.46. The number of hydrogen-bond acceptors (Lipinski definition) is 4. The fourth-order valence-electron chi connectivity index (χ4n) is 1.54. The third-order valence-corrected chi connectivity index (χ3v) is 4.19. The molecule has 0 bridgehead atoms. The monoisotopic (exact) mass is 288 g/mol. The molecular weight excluding hydrogens is 276 g/mol. The average molecular weight is 289 g/mol. The first-order valence-electron chi connectivity index (χ1n) is 5.44. The highest BCUT2D eigenvalue weighted by Gasteiger charge is 2.18. The lowest BCUT2D eigenvalue weighted by molar-refractivity contribution is 0.171. The number of hydrogen-bond donors (Lipinski definition) is 0. The summed E-state index contributed by atoms with van der Waals surface area (Å²) in [6.07, 6.45) is 1.47. The van der Waals surface area contributed by atoms with Crippen molar-refractivity contribution in [3.05, 3.63) is 29.3 Å². The molecule has 0 saturated heterocycles. The molecule has 0 unspecified atom stereocenters. The Labute approximate surface area is 111 Å². The molecule has 0 fully saturated rings. The van der Waals surface area contributed by atoms with E-state index in [0.717, 1.165) is 0 Å². The molecule has 1 aromatic rings. The quantitative estimate of drug-likeness (QED) is 0.857. The lowest BCUT2D eigenvalue weighted by Crippen LogP contribution is -2.16. The summed E-state index contributed by atoms with van der Waals surface area (Å²) in [5.41, 5.74) is 0. The zero-order valence-corrected chi connectivity index (χ0v) is 11.4. The van der Waals surface area contributed by atoms with Crippen LogP contribution >= 0.6 is 11.6 Å². The number of ether oxygens (including phenoxy) is 2. The number of rotatable bonds is 3. The summed E-state index contributed by atoms with van der Waals surface area (Å²) in [5, 5.41) is 0.455. The highest BCUT2D eigenvalue weighted by Crippen LogP contribution is 2.32. The largest absolute Gasteiger partial charge is 0.486 e. The van der Waals surface area contributed by atoms with Crippen molar-refractivity contribution in [1.82, 2.24) is 0 Å². The molecule has 0 spiro atoms. The van der Waals surface area contributed by atoms with E-state index in [1.54, 1.807) is 13.0 Å². The van der Waals surface area contributed by atoms with Gasteiger partial charge in [0.1, 0.15) is 13.2 Å². The van der Waals surface area contributed by atoms with Gasteiger partial charge < -0.3 is 9.47 Å². The van der Waals surface area contributed by atoms with Crippen molar-refractivity contribution in [2.24, 2.45) is 0 Å². The molecule has 0 aliphatic carbocycles. The molecule has 4 nitrogen and oxygen atoms in total. The van der Waals surface area contributed by atoms with Gasteiger partial charge in [-0.25, -0.2) is 8.42 Å². The van der Waals surface area contributed by atoms with E-state index in [0.29, 0.717) is 29.7 Å². The maximum Gasteiger partial charge on any atom is 0.182 e. The van der Waals surface area contributed by atoms with Crippen LogP contribution in [0.15, 0.2) is 34.2 Å². The van der Waals surface area contributed by atoms with Crippen molar-refractivity contribution in [1.29, 1.82) is 0 Å². The Bertz CT molecular complexity index is 574. The van der Waals surface area contributed by atoms with Crippen LogP contribution in [0.1, 0.15) is 6.92 Å². The van der Waals surface area contributed by atoms with Gasteiger partial charge in [-0.3, -0.25) is 0 Å². The van der Waals surface area contributed by atoms with E-state index >= 15 is 0 Å². The summed E-state index contributed by atoms with van der Waals surface area (Å²) in [6, 6.07) is 4.61. The second-order valence-electron chi connectivity index (χ2n) is 3.88. The SMILES string of the molecule is CC(Cl)=CCS(=O)(=O)c1ccc2c(c1)OCCO2. The lowest BCUT2D eigenvalue weighted by Gasteiger charge is -2.18. The van der Waals surface area contributed by atoms with E-state index in [1.807, 2.05) is 0 Å². The summed E-state index contributed by atoms with van der Waals surface area (Å²) in [5.74, 6) is 0.917. The Kier molecular flexibility index (Phi) is 3.82. The first kappa shape index (κ1) is 13.2. The van der Waals surface area contributed by atoms with Crippen LogP contribution < -0.4 is 9.47 Å². The molecule has 1 aliphatic heterocycles. The standard InChI is InChI=1S/C12H13ClO4S/c1-9(13)4-7-18(14,15)10-2-3-11-12(8-10)17-6-5-16-11/h2-4,8H,5-7H2,1H3. The minimum absolute atomic E-state index is 0.123. The van der Waals surface area contributed by atoms with Crippen LogP contribution in [-0.4, -0.2) is 27.4 Å². The minimum Gasteiger partial charge on any atom is -0.486 e. The summed E-state index contributed by atoms with van der Waals surface area (Å²) in [7, 11) is -3.39. The van der Waals surface area contributed by atoms with Gasteiger partial charge in [0.25, 0.3) is 0 Å². The van der Waals surface area contributed by atoms with Gasteiger partial charge in [0.15, 0.2) is 21.3 Å². The van der Waals surface area contributed by atoms with Crippen molar-refractivity contribution < 1.29 is 17.9 Å². The number of fused-ring (bicyclic) bond motifs is 1. The van der Waals surface area contributed by atoms with Crippen molar-refractivity contribution in [2.75, 3.05) is 19.0 Å². The zero-order valence-electron chi connectivity index (χ0n) is 9.85. The van der Waals surface area contributed by atoms with Crippen molar-refractivity contribution in [3.8, 4) is 11.5 Å². The normalized spacial score (nSPS) is 15.6. The third kappa shape index (κ3) is 2.97. The summed E-state index contributed by atoms with van der Waals surface area (Å²) >= 11 is 5.64. The Morgan fingerprint density at radius 3 is 2.67 bits per heavy atom. The van der Waals surface area contributed by atoms with Gasteiger partial charge in [-0.1, -0.05) is 17.7 Å². The van der Waals surface area contributed by atoms with Gasteiger partial charge in [-0.2, -0.15) is 0 Å². The van der Waals surface area contributed by atoms with Gasteiger partial charge in [-0.05, 0) is 19.1 Å². The Balaban J connectivity index is 2.31. The van der Waals surface area contributed by atoms with Gasteiger partial charge in [0, 0.05) is 11.1 Å². The Morgan fingerprint density at radius 2 is 2.00 bits per heavy atom. The van der Waals surface area contributed by atoms with Gasteiger partial charge in [-0.15, -0.1) is 0 Å². The maximum atomic E-state index is 12.0. The molecule has 1 heterocycles. The molecular formula is C12H13ClO4S. The van der Waals surface area contributed by atoms with Gasteiger partial charge in [0.05, 0.1) is 10.6 Å². The van der Waals surface area contributed by atoms with Crippen molar-refractivity contribution in [3.63, 3.8) is 0 Å². The highest BCUT2D eigenvalue weighted by molar-refractivity contribution is 7.91. The number of allylic oxidation sites excluding steroid dienone is 1. The summed E-state index contributed by atoms with van der Waals surface area (Å²) in [4.78, 5) is 0.209. The Morgan fingerprint density at radius 1 is 1.33 bits per heavy atom. The predicted molar refractivity (Wildman–Crippen MR) is 69.1 cm³/mol. The van der Waals surface area contributed by atoms with Gasteiger partial charge in [0.2, 0.25) is 0 Å². The Hall–Kier alpha value is -1.20. The maximum absolute atomic E-state index is 12.0. The van der Waals surface area contributed by atoms with Crippen LogP contribution in [0.4, 0.5) is 0 Å². The molecule has 1 aromatic carbocycles. The van der Waals surface area contributed by atoms with Crippen LogP contribution in [0.3, 0.4) is 0 Å². The highest BCUT2D eigenvalue weighted by atomic mass is 35.5. The van der Waals surface area contributed by atoms with Crippen LogP contribution in [-0.2, 0) is 9.84 Å². The number of benzene rings is 1. The van der Waals surface area contributed by atoms with E-state index in [9.17, 15) is 8.42 Å². The van der Waals surface area contributed by atoms with Crippen molar-refractivity contribution >= 4 is 21.4 Å². The lowest BCUT2D eigenvalue weighted by atomic mass is 10.3. The minimum atomic E-state index is -3.39. The first-order valence-corrected chi connectivity index (χ1v) is 7.47.